The second-order valence-corrected chi connectivity index (χ2v) is 5.47. The van der Waals surface area contributed by atoms with Crippen LogP contribution in [-0.2, 0) is 4.79 Å². The van der Waals surface area contributed by atoms with Crippen molar-refractivity contribution >= 4 is 11.6 Å². The molecular formula is C17H20N4O2. The van der Waals surface area contributed by atoms with Gasteiger partial charge in [0.05, 0.1) is 7.11 Å². The van der Waals surface area contributed by atoms with Gasteiger partial charge in [-0.1, -0.05) is 18.2 Å². The molecular weight excluding hydrogens is 292 g/mol. The minimum absolute atomic E-state index is 0.140. The molecule has 1 saturated heterocycles. The van der Waals surface area contributed by atoms with Crippen molar-refractivity contribution in [3.63, 3.8) is 0 Å². The third kappa shape index (κ3) is 3.26. The molecule has 23 heavy (non-hydrogen) atoms. The molecule has 0 aliphatic carbocycles. The first-order chi connectivity index (χ1) is 11.2. The summed E-state index contributed by atoms with van der Waals surface area (Å²) in [7, 11) is 1.55. The lowest BCUT2D eigenvalue weighted by Gasteiger charge is -2.36. The van der Waals surface area contributed by atoms with Gasteiger partial charge in [0.1, 0.15) is 0 Å². The van der Waals surface area contributed by atoms with Gasteiger partial charge >= 0.3 is 6.01 Å². The van der Waals surface area contributed by atoms with Crippen molar-refractivity contribution in [2.45, 2.75) is 6.92 Å². The van der Waals surface area contributed by atoms with Crippen molar-refractivity contribution in [3.05, 3.63) is 36.7 Å². The number of piperazine rings is 1. The molecule has 0 bridgehead atoms. The number of ether oxygens (including phenoxy) is 1. The maximum Gasteiger partial charge on any atom is 0.316 e. The minimum Gasteiger partial charge on any atom is -0.467 e. The van der Waals surface area contributed by atoms with Gasteiger partial charge in [-0.25, -0.2) is 9.97 Å². The molecule has 2 heterocycles. The molecule has 1 aromatic heterocycles. The maximum absolute atomic E-state index is 11.5. The highest BCUT2D eigenvalue weighted by atomic mass is 16.5. The van der Waals surface area contributed by atoms with E-state index in [1.54, 1.807) is 26.4 Å². The summed E-state index contributed by atoms with van der Waals surface area (Å²) >= 11 is 0. The van der Waals surface area contributed by atoms with Gasteiger partial charge in [0.25, 0.3) is 0 Å². The second kappa shape index (κ2) is 6.64. The quantitative estimate of drug-likeness (QED) is 0.865. The normalized spacial score (nSPS) is 14.7. The van der Waals surface area contributed by atoms with Crippen LogP contribution in [-0.4, -0.2) is 54.1 Å². The van der Waals surface area contributed by atoms with Crippen LogP contribution in [0.5, 0.6) is 6.01 Å². The topological polar surface area (TPSA) is 58.6 Å². The van der Waals surface area contributed by atoms with Crippen LogP contribution < -0.4 is 9.64 Å². The van der Waals surface area contributed by atoms with Crippen molar-refractivity contribution in [2.24, 2.45) is 0 Å². The molecule has 120 valence electrons. The van der Waals surface area contributed by atoms with E-state index in [2.05, 4.69) is 27.0 Å². The van der Waals surface area contributed by atoms with Crippen molar-refractivity contribution in [2.75, 3.05) is 38.2 Å². The van der Waals surface area contributed by atoms with Crippen LogP contribution in [0.4, 0.5) is 5.69 Å². The van der Waals surface area contributed by atoms with Crippen molar-refractivity contribution in [1.29, 1.82) is 0 Å². The number of methoxy groups -OCH3 is 1. The van der Waals surface area contributed by atoms with Crippen LogP contribution in [0.2, 0.25) is 0 Å². The van der Waals surface area contributed by atoms with Gasteiger partial charge in [-0.15, -0.1) is 0 Å². The van der Waals surface area contributed by atoms with E-state index in [4.69, 9.17) is 4.74 Å². The number of aromatic nitrogens is 2. The summed E-state index contributed by atoms with van der Waals surface area (Å²) in [6.45, 7) is 4.78. The smallest absolute Gasteiger partial charge is 0.316 e. The van der Waals surface area contributed by atoms with Crippen molar-refractivity contribution in [1.82, 2.24) is 14.9 Å². The van der Waals surface area contributed by atoms with E-state index in [9.17, 15) is 4.79 Å². The van der Waals surface area contributed by atoms with Crippen LogP contribution in [0.3, 0.4) is 0 Å². The molecule has 2 aromatic rings. The SMILES string of the molecule is COc1ncc(-c2ccccc2N2CCN(C(C)=O)CC2)cn1. The fraction of sp³-hybridized carbons (Fsp3) is 0.353. The highest BCUT2D eigenvalue weighted by molar-refractivity contribution is 5.78. The van der Waals surface area contributed by atoms with Crippen LogP contribution in [0, 0.1) is 0 Å². The number of carbonyl (C=O) groups is 1. The first-order valence-corrected chi connectivity index (χ1v) is 7.65. The third-order valence-corrected chi connectivity index (χ3v) is 4.09. The van der Waals surface area contributed by atoms with E-state index < -0.39 is 0 Å². The molecule has 3 rings (SSSR count). The summed E-state index contributed by atoms with van der Waals surface area (Å²) in [5.41, 5.74) is 3.19. The largest absolute Gasteiger partial charge is 0.467 e. The average Bonchev–Trinajstić information content (AvgIpc) is 2.62. The summed E-state index contributed by atoms with van der Waals surface area (Å²) in [6, 6.07) is 8.57. The molecule has 0 unspecified atom stereocenters. The molecule has 0 radical (unpaired) electrons. The second-order valence-electron chi connectivity index (χ2n) is 5.47. The fourth-order valence-corrected chi connectivity index (χ4v) is 2.82. The summed E-state index contributed by atoms with van der Waals surface area (Å²) in [5.74, 6) is 0.140. The molecule has 0 saturated carbocycles. The highest BCUT2D eigenvalue weighted by Gasteiger charge is 2.20. The monoisotopic (exact) mass is 312 g/mol. The molecule has 1 aliphatic rings. The van der Waals surface area contributed by atoms with E-state index in [1.807, 2.05) is 17.0 Å². The predicted octanol–water partition coefficient (Wildman–Crippen LogP) is 1.82. The van der Waals surface area contributed by atoms with E-state index in [0.29, 0.717) is 6.01 Å². The Labute approximate surface area is 135 Å². The fourth-order valence-electron chi connectivity index (χ4n) is 2.82. The van der Waals surface area contributed by atoms with Gasteiger partial charge in [-0.05, 0) is 6.07 Å². The number of carbonyl (C=O) groups excluding carboxylic acids is 1. The first-order valence-electron chi connectivity index (χ1n) is 7.65. The zero-order valence-corrected chi connectivity index (χ0v) is 13.4. The van der Waals surface area contributed by atoms with Gasteiger partial charge < -0.3 is 14.5 Å². The Kier molecular flexibility index (Phi) is 4.41. The third-order valence-electron chi connectivity index (χ3n) is 4.09. The van der Waals surface area contributed by atoms with Gasteiger partial charge in [0.15, 0.2) is 0 Å². The van der Waals surface area contributed by atoms with Crippen LogP contribution in [0.1, 0.15) is 6.92 Å². The number of hydrogen-bond acceptors (Lipinski definition) is 5. The molecule has 1 aromatic carbocycles. The molecule has 1 aliphatic heterocycles. The summed E-state index contributed by atoms with van der Waals surface area (Å²) in [4.78, 5) is 24.0. The predicted molar refractivity (Wildman–Crippen MR) is 88.5 cm³/mol. The maximum atomic E-state index is 11.5. The van der Waals surface area contributed by atoms with Crippen LogP contribution in [0.25, 0.3) is 11.1 Å². The standard InChI is InChI=1S/C17H20N4O2/c1-13(22)20-7-9-21(10-8-20)16-6-4-3-5-15(16)14-11-18-17(23-2)19-12-14/h3-6,11-12H,7-10H2,1-2H3. The summed E-state index contributed by atoms with van der Waals surface area (Å²) in [6.07, 6.45) is 3.55. The zero-order valence-electron chi connectivity index (χ0n) is 13.4. The average molecular weight is 312 g/mol. The Hall–Kier alpha value is -2.63. The number of benzene rings is 1. The lowest BCUT2D eigenvalue weighted by atomic mass is 10.1. The van der Waals surface area contributed by atoms with Gasteiger partial charge in [-0.2, -0.15) is 0 Å². The summed E-state index contributed by atoms with van der Waals surface area (Å²) < 4.78 is 5.02. The number of anilines is 1. The lowest BCUT2D eigenvalue weighted by Crippen LogP contribution is -2.48. The Bertz CT molecular complexity index is 679. The van der Waals surface area contributed by atoms with Gasteiger partial charge in [0.2, 0.25) is 5.91 Å². The number of rotatable bonds is 3. The Morgan fingerprint density at radius 3 is 2.35 bits per heavy atom. The number of hydrogen-bond donors (Lipinski definition) is 0. The van der Waals surface area contributed by atoms with Crippen molar-refractivity contribution < 1.29 is 9.53 Å². The molecule has 6 heteroatoms. The molecule has 1 amide bonds. The van der Waals surface area contributed by atoms with Crippen molar-refractivity contribution in [3.8, 4) is 17.1 Å². The molecule has 6 nitrogen and oxygen atoms in total. The van der Waals surface area contributed by atoms with E-state index in [0.717, 1.165) is 43.0 Å². The molecule has 0 spiro atoms. The van der Waals surface area contributed by atoms with E-state index in [-0.39, 0.29) is 5.91 Å². The molecule has 0 N–H and O–H groups in total. The first kappa shape index (κ1) is 15.3. The number of para-hydroxylation sites is 1. The van der Waals surface area contributed by atoms with Crippen LogP contribution >= 0.6 is 0 Å². The van der Waals surface area contributed by atoms with Crippen LogP contribution in [0.15, 0.2) is 36.7 Å². The lowest BCUT2D eigenvalue weighted by molar-refractivity contribution is -0.129. The van der Waals surface area contributed by atoms with E-state index in [1.165, 1.54) is 0 Å². The number of nitrogens with zero attached hydrogens (tertiary/aromatic N) is 4. The van der Waals surface area contributed by atoms with Gasteiger partial charge in [0, 0.05) is 62.3 Å². The highest BCUT2D eigenvalue weighted by Crippen LogP contribution is 2.31. The molecule has 0 atom stereocenters. The summed E-state index contributed by atoms with van der Waals surface area (Å²) in [5, 5.41) is 0. The van der Waals surface area contributed by atoms with Gasteiger partial charge in [-0.3, -0.25) is 4.79 Å². The minimum atomic E-state index is 0.140. The van der Waals surface area contributed by atoms with E-state index >= 15 is 0 Å². The Balaban J connectivity index is 1.85. The number of amides is 1. The Morgan fingerprint density at radius 2 is 1.74 bits per heavy atom. The molecule has 1 fully saturated rings. The zero-order chi connectivity index (χ0) is 16.2. The Morgan fingerprint density at radius 1 is 1.09 bits per heavy atom.